The predicted molar refractivity (Wildman–Crippen MR) is 122 cm³/mol. The summed E-state index contributed by atoms with van der Waals surface area (Å²) in [5.41, 5.74) is 2.02. The quantitative estimate of drug-likeness (QED) is 0.556. The SMILES string of the molecule is CCCCN(C)c1ccc(C(=O)N2CCN(c3oc(-c4ccco4)nc3C#N)CC2)cc1. The minimum absolute atomic E-state index is 0.0155. The number of oxazole rings is 1. The maximum absolute atomic E-state index is 13.0. The average molecular weight is 434 g/mol. The molecule has 0 radical (unpaired) electrons. The molecule has 1 saturated heterocycles. The molecule has 0 N–H and O–H groups in total. The lowest BCUT2D eigenvalue weighted by Gasteiger charge is -2.34. The molecular weight excluding hydrogens is 406 g/mol. The first-order chi connectivity index (χ1) is 15.6. The second kappa shape index (κ2) is 9.60. The topological polar surface area (TPSA) is 89.8 Å². The number of unbranched alkanes of at least 4 members (excludes halogenated alkanes) is 1. The van der Waals surface area contributed by atoms with Gasteiger partial charge in [0.25, 0.3) is 11.8 Å². The van der Waals surface area contributed by atoms with Gasteiger partial charge < -0.3 is 23.5 Å². The number of anilines is 2. The molecule has 1 aliphatic heterocycles. The first kappa shape index (κ1) is 21.5. The van der Waals surface area contributed by atoms with Crippen molar-refractivity contribution in [2.45, 2.75) is 19.8 Å². The van der Waals surface area contributed by atoms with Crippen LogP contribution < -0.4 is 9.80 Å². The van der Waals surface area contributed by atoms with E-state index in [1.54, 1.807) is 12.1 Å². The lowest BCUT2D eigenvalue weighted by Crippen LogP contribution is -2.48. The van der Waals surface area contributed by atoms with E-state index in [4.69, 9.17) is 8.83 Å². The number of piperazine rings is 1. The number of carbonyl (C=O) groups excluding carboxylic acids is 1. The van der Waals surface area contributed by atoms with Crippen LogP contribution in [0.1, 0.15) is 35.8 Å². The molecule has 3 heterocycles. The van der Waals surface area contributed by atoms with Gasteiger partial charge in [-0.1, -0.05) is 13.3 Å². The van der Waals surface area contributed by atoms with Gasteiger partial charge in [-0.25, -0.2) is 0 Å². The zero-order chi connectivity index (χ0) is 22.5. The van der Waals surface area contributed by atoms with Gasteiger partial charge in [0, 0.05) is 51.0 Å². The van der Waals surface area contributed by atoms with Gasteiger partial charge in [0.1, 0.15) is 6.07 Å². The van der Waals surface area contributed by atoms with Gasteiger partial charge >= 0.3 is 0 Å². The summed E-state index contributed by atoms with van der Waals surface area (Å²) in [6.45, 7) is 5.38. The van der Waals surface area contributed by atoms with Crippen LogP contribution in [0.4, 0.5) is 11.6 Å². The van der Waals surface area contributed by atoms with Crippen molar-refractivity contribution in [1.29, 1.82) is 5.26 Å². The van der Waals surface area contributed by atoms with E-state index in [2.05, 4.69) is 29.9 Å². The third-order valence-electron chi connectivity index (χ3n) is 5.70. The maximum Gasteiger partial charge on any atom is 0.266 e. The van der Waals surface area contributed by atoms with Crippen LogP contribution in [0.15, 0.2) is 51.5 Å². The molecule has 1 aliphatic rings. The first-order valence-corrected chi connectivity index (χ1v) is 10.9. The van der Waals surface area contributed by atoms with E-state index in [-0.39, 0.29) is 17.5 Å². The van der Waals surface area contributed by atoms with E-state index in [1.807, 2.05) is 34.1 Å². The molecule has 0 aliphatic carbocycles. The minimum Gasteiger partial charge on any atom is -0.459 e. The highest BCUT2D eigenvalue weighted by atomic mass is 16.4. The molecule has 166 valence electrons. The summed E-state index contributed by atoms with van der Waals surface area (Å²) in [4.78, 5) is 23.2. The number of nitriles is 1. The lowest BCUT2D eigenvalue weighted by molar-refractivity contribution is 0.0745. The van der Waals surface area contributed by atoms with Crippen LogP contribution in [0.25, 0.3) is 11.7 Å². The van der Waals surface area contributed by atoms with E-state index in [9.17, 15) is 10.1 Å². The Labute approximate surface area is 187 Å². The molecular formula is C24H27N5O3. The van der Waals surface area contributed by atoms with Gasteiger partial charge in [0.05, 0.1) is 6.26 Å². The van der Waals surface area contributed by atoms with Crippen molar-refractivity contribution in [1.82, 2.24) is 9.88 Å². The molecule has 0 bridgehead atoms. The molecule has 0 atom stereocenters. The fourth-order valence-corrected chi connectivity index (χ4v) is 3.78. The largest absolute Gasteiger partial charge is 0.459 e. The summed E-state index contributed by atoms with van der Waals surface area (Å²) in [6, 6.07) is 13.4. The van der Waals surface area contributed by atoms with E-state index in [0.717, 1.165) is 25.1 Å². The normalized spacial score (nSPS) is 13.8. The van der Waals surface area contributed by atoms with Gasteiger partial charge in [-0.3, -0.25) is 4.79 Å². The molecule has 3 aromatic rings. The van der Waals surface area contributed by atoms with Crippen LogP contribution in [0.2, 0.25) is 0 Å². The molecule has 8 nitrogen and oxygen atoms in total. The molecule has 1 amide bonds. The van der Waals surface area contributed by atoms with Crippen LogP contribution in [0, 0.1) is 11.3 Å². The van der Waals surface area contributed by atoms with Crippen molar-refractivity contribution in [2.75, 3.05) is 49.6 Å². The van der Waals surface area contributed by atoms with Crippen LogP contribution in [0.5, 0.6) is 0 Å². The van der Waals surface area contributed by atoms with E-state index >= 15 is 0 Å². The summed E-state index contributed by atoms with van der Waals surface area (Å²) in [5, 5.41) is 9.46. The second-order valence-corrected chi connectivity index (χ2v) is 7.86. The Bertz CT molecular complexity index is 1070. The zero-order valence-electron chi connectivity index (χ0n) is 18.5. The van der Waals surface area contributed by atoms with Crippen molar-refractivity contribution >= 4 is 17.5 Å². The molecule has 4 rings (SSSR count). The van der Waals surface area contributed by atoms with Gasteiger partial charge in [-0.15, -0.1) is 0 Å². The zero-order valence-corrected chi connectivity index (χ0v) is 18.5. The highest BCUT2D eigenvalue weighted by Crippen LogP contribution is 2.29. The van der Waals surface area contributed by atoms with Gasteiger partial charge in [0.15, 0.2) is 5.76 Å². The third kappa shape index (κ3) is 4.47. The fraction of sp³-hybridized carbons (Fsp3) is 0.375. The van der Waals surface area contributed by atoms with Crippen molar-refractivity contribution in [2.24, 2.45) is 0 Å². The molecule has 0 unspecified atom stereocenters. The third-order valence-corrected chi connectivity index (χ3v) is 5.70. The molecule has 0 saturated carbocycles. The molecule has 1 fully saturated rings. The number of hydrogen-bond donors (Lipinski definition) is 0. The lowest BCUT2D eigenvalue weighted by atomic mass is 10.1. The highest BCUT2D eigenvalue weighted by Gasteiger charge is 2.27. The van der Waals surface area contributed by atoms with Crippen LogP contribution in [-0.4, -0.2) is 55.6 Å². The van der Waals surface area contributed by atoms with Crippen molar-refractivity contribution in [3.05, 3.63) is 53.9 Å². The summed E-state index contributed by atoms with van der Waals surface area (Å²) in [6.07, 6.45) is 3.83. The Morgan fingerprint density at radius 2 is 1.94 bits per heavy atom. The van der Waals surface area contributed by atoms with Crippen molar-refractivity contribution in [3.63, 3.8) is 0 Å². The smallest absolute Gasteiger partial charge is 0.266 e. The van der Waals surface area contributed by atoms with Crippen molar-refractivity contribution in [3.8, 4) is 17.7 Å². The predicted octanol–water partition coefficient (Wildman–Crippen LogP) is 4.00. The summed E-state index contributed by atoms with van der Waals surface area (Å²) in [5.74, 6) is 1.20. The van der Waals surface area contributed by atoms with E-state index in [0.29, 0.717) is 43.4 Å². The Hall–Kier alpha value is -3.73. The molecule has 1 aromatic carbocycles. The maximum atomic E-state index is 13.0. The van der Waals surface area contributed by atoms with Gasteiger partial charge in [-0.05, 0) is 42.8 Å². The number of nitrogens with zero attached hydrogens (tertiary/aromatic N) is 5. The van der Waals surface area contributed by atoms with Gasteiger partial charge in [0.2, 0.25) is 11.6 Å². The monoisotopic (exact) mass is 433 g/mol. The number of carbonyl (C=O) groups is 1. The molecule has 0 spiro atoms. The standard InChI is InChI=1S/C24H27N5O3/c1-3-4-11-27(2)19-9-7-18(8-10-19)23(30)28-12-14-29(15-13-28)24-20(17-25)26-22(32-24)21-6-5-16-31-21/h5-10,16H,3-4,11-15H2,1-2H3. The summed E-state index contributed by atoms with van der Waals surface area (Å²) < 4.78 is 11.1. The number of amides is 1. The van der Waals surface area contributed by atoms with Crippen LogP contribution in [-0.2, 0) is 0 Å². The first-order valence-electron chi connectivity index (χ1n) is 10.9. The van der Waals surface area contributed by atoms with E-state index in [1.165, 1.54) is 6.26 Å². The Balaban J connectivity index is 1.39. The highest BCUT2D eigenvalue weighted by molar-refractivity contribution is 5.94. The average Bonchev–Trinajstić information content (AvgIpc) is 3.52. The number of benzene rings is 1. The second-order valence-electron chi connectivity index (χ2n) is 7.86. The Kier molecular flexibility index (Phi) is 6.45. The number of hydrogen-bond acceptors (Lipinski definition) is 7. The molecule has 32 heavy (non-hydrogen) atoms. The molecule has 2 aromatic heterocycles. The van der Waals surface area contributed by atoms with Gasteiger partial charge in [-0.2, -0.15) is 10.2 Å². The Morgan fingerprint density at radius 3 is 2.56 bits per heavy atom. The van der Waals surface area contributed by atoms with Crippen LogP contribution in [0.3, 0.4) is 0 Å². The fourth-order valence-electron chi connectivity index (χ4n) is 3.78. The number of aromatic nitrogens is 1. The number of furan rings is 1. The van der Waals surface area contributed by atoms with E-state index < -0.39 is 0 Å². The van der Waals surface area contributed by atoms with Crippen LogP contribution >= 0.6 is 0 Å². The molecule has 8 heteroatoms. The minimum atomic E-state index is 0.0155. The number of rotatable bonds is 7. The van der Waals surface area contributed by atoms with Crippen molar-refractivity contribution < 1.29 is 13.6 Å². The summed E-state index contributed by atoms with van der Waals surface area (Å²) >= 11 is 0. The Morgan fingerprint density at radius 1 is 1.19 bits per heavy atom. The summed E-state index contributed by atoms with van der Waals surface area (Å²) in [7, 11) is 2.07.